The van der Waals surface area contributed by atoms with E-state index in [0.717, 1.165) is 12.8 Å². The molecular formula is C16H31NO2. The molecule has 0 heterocycles. The fraction of sp³-hybridized carbons (Fsp3) is 0.812. The van der Waals surface area contributed by atoms with E-state index in [1.807, 2.05) is 0 Å². The van der Waals surface area contributed by atoms with Gasteiger partial charge in [-0.2, -0.15) is 0 Å². The molecule has 0 aromatic heterocycles. The first-order valence-electron chi connectivity index (χ1n) is 7.78. The molecule has 0 amide bonds. The smallest absolute Gasteiger partial charge is 0.333 e. The fourth-order valence-electron chi connectivity index (χ4n) is 2.13. The SMILES string of the molecule is CCCCCCCCCCCC/C(N)=C(/C)C(=O)O. The summed E-state index contributed by atoms with van der Waals surface area (Å²) in [6.45, 7) is 3.82. The molecule has 3 nitrogen and oxygen atoms in total. The molecule has 0 bridgehead atoms. The zero-order chi connectivity index (χ0) is 14.5. The summed E-state index contributed by atoms with van der Waals surface area (Å²) in [4.78, 5) is 10.7. The van der Waals surface area contributed by atoms with E-state index in [9.17, 15) is 4.79 Å². The topological polar surface area (TPSA) is 63.3 Å². The molecule has 0 aliphatic heterocycles. The van der Waals surface area contributed by atoms with Crippen molar-refractivity contribution in [2.24, 2.45) is 5.73 Å². The average Bonchev–Trinajstić information content (AvgIpc) is 2.39. The second-order valence-electron chi connectivity index (χ2n) is 5.39. The molecule has 0 saturated heterocycles. The van der Waals surface area contributed by atoms with E-state index in [2.05, 4.69) is 6.92 Å². The summed E-state index contributed by atoms with van der Waals surface area (Å²) in [6.07, 6.45) is 13.6. The van der Waals surface area contributed by atoms with Crippen LogP contribution >= 0.6 is 0 Å². The van der Waals surface area contributed by atoms with Crippen LogP contribution in [0.15, 0.2) is 11.3 Å². The second-order valence-corrected chi connectivity index (χ2v) is 5.39. The van der Waals surface area contributed by atoms with Crippen molar-refractivity contribution in [3.05, 3.63) is 11.3 Å². The molecule has 0 fully saturated rings. The third-order valence-electron chi connectivity index (χ3n) is 3.60. The van der Waals surface area contributed by atoms with Crippen molar-refractivity contribution in [2.75, 3.05) is 0 Å². The molecule has 0 aromatic rings. The number of unbranched alkanes of at least 4 members (excludes halogenated alkanes) is 9. The molecule has 112 valence electrons. The predicted molar refractivity (Wildman–Crippen MR) is 81.0 cm³/mol. The number of allylic oxidation sites excluding steroid dienone is 1. The maximum atomic E-state index is 10.7. The highest BCUT2D eigenvalue weighted by Crippen LogP contribution is 2.13. The first-order valence-corrected chi connectivity index (χ1v) is 7.78. The van der Waals surface area contributed by atoms with Gasteiger partial charge < -0.3 is 10.8 Å². The Morgan fingerprint density at radius 1 is 0.895 bits per heavy atom. The summed E-state index contributed by atoms with van der Waals surface area (Å²) in [5, 5.41) is 8.78. The first kappa shape index (κ1) is 18.0. The van der Waals surface area contributed by atoms with Crippen LogP contribution < -0.4 is 5.73 Å². The Labute approximate surface area is 118 Å². The molecular weight excluding hydrogens is 238 g/mol. The standard InChI is InChI=1S/C16H31NO2/c1-3-4-5-6-7-8-9-10-11-12-13-15(17)14(2)16(18)19/h3-13,17H2,1-2H3,(H,18,19)/b15-14+. The predicted octanol–water partition coefficient (Wildman–Crippen LogP) is 4.61. The molecule has 19 heavy (non-hydrogen) atoms. The number of nitrogens with two attached hydrogens (primary N) is 1. The van der Waals surface area contributed by atoms with Gasteiger partial charge in [0.15, 0.2) is 0 Å². The second kappa shape index (κ2) is 12.1. The summed E-state index contributed by atoms with van der Waals surface area (Å²) >= 11 is 0. The third kappa shape index (κ3) is 10.6. The minimum atomic E-state index is -0.899. The highest BCUT2D eigenvalue weighted by Gasteiger charge is 2.05. The zero-order valence-corrected chi connectivity index (χ0v) is 12.7. The number of carboxylic acids is 1. The van der Waals surface area contributed by atoms with Crippen LogP contribution in [0.5, 0.6) is 0 Å². The first-order chi connectivity index (χ1) is 9.09. The normalized spacial score (nSPS) is 12.3. The Bertz CT molecular complexity index is 272. The molecule has 0 aliphatic rings. The third-order valence-corrected chi connectivity index (χ3v) is 3.60. The van der Waals surface area contributed by atoms with E-state index in [4.69, 9.17) is 10.8 Å². The van der Waals surface area contributed by atoms with E-state index < -0.39 is 5.97 Å². The van der Waals surface area contributed by atoms with E-state index >= 15 is 0 Å². The fourth-order valence-corrected chi connectivity index (χ4v) is 2.13. The molecule has 0 rings (SSSR count). The number of carbonyl (C=O) groups is 1. The van der Waals surface area contributed by atoms with Crippen LogP contribution in [0.1, 0.15) is 84.5 Å². The quantitative estimate of drug-likeness (QED) is 0.401. The number of hydrogen-bond donors (Lipinski definition) is 2. The van der Waals surface area contributed by atoms with Gasteiger partial charge in [-0.1, -0.05) is 64.7 Å². The van der Waals surface area contributed by atoms with E-state index in [1.165, 1.54) is 51.4 Å². The van der Waals surface area contributed by atoms with Crippen molar-refractivity contribution in [1.82, 2.24) is 0 Å². The molecule has 3 N–H and O–H groups in total. The van der Waals surface area contributed by atoms with Crippen molar-refractivity contribution in [3.63, 3.8) is 0 Å². The Balaban J connectivity index is 3.36. The van der Waals surface area contributed by atoms with E-state index in [1.54, 1.807) is 6.92 Å². The lowest BCUT2D eigenvalue weighted by Gasteiger charge is -2.05. The van der Waals surface area contributed by atoms with Crippen LogP contribution in [0, 0.1) is 0 Å². The number of aliphatic carboxylic acids is 1. The van der Waals surface area contributed by atoms with Crippen molar-refractivity contribution in [1.29, 1.82) is 0 Å². The summed E-state index contributed by atoms with van der Waals surface area (Å²) in [7, 11) is 0. The van der Waals surface area contributed by atoms with Crippen LogP contribution in [-0.4, -0.2) is 11.1 Å². The lowest BCUT2D eigenvalue weighted by atomic mass is 10.0. The Kier molecular flexibility index (Phi) is 11.4. The highest BCUT2D eigenvalue weighted by molar-refractivity contribution is 5.86. The largest absolute Gasteiger partial charge is 0.478 e. The van der Waals surface area contributed by atoms with Crippen LogP contribution in [0.25, 0.3) is 0 Å². The Hall–Kier alpha value is -0.990. The van der Waals surface area contributed by atoms with Gasteiger partial charge in [0.25, 0.3) is 0 Å². The summed E-state index contributed by atoms with van der Waals surface area (Å²) < 4.78 is 0. The monoisotopic (exact) mass is 269 g/mol. The van der Waals surface area contributed by atoms with Crippen LogP contribution in [0.4, 0.5) is 0 Å². The van der Waals surface area contributed by atoms with Gasteiger partial charge in [-0.15, -0.1) is 0 Å². The lowest BCUT2D eigenvalue weighted by Crippen LogP contribution is -2.08. The minimum absolute atomic E-state index is 0.302. The van der Waals surface area contributed by atoms with Crippen LogP contribution in [-0.2, 0) is 4.79 Å². The lowest BCUT2D eigenvalue weighted by molar-refractivity contribution is -0.132. The summed E-state index contributed by atoms with van der Waals surface area (Å²) in [6, 6.07) is 0. The van der Waals surface area contributed by atoms with Crippen LogP contribution in [0.3, 0.4) is 0 Å². The van der Waals surface area contributed by atoms with E-state index in [-0.39, 0.29) is 0 Å². The van der Waals surface area contributed by atoms with Crippen molar-refractivity contribution in [2.45, 2.75) is 84.5 Å². The summed E-state index contributed by atoms with van der Waals surface area (Å²) in [5.41, 5.74) is 6.56. The van der Waals surface area contributed by atoms with Gasteiger partial charge in [-0.3, -0.25) is 0 Å². The van der Waals surface area contributed by atoms with Gasteiger partial charge >= 0.3 is 5.97 Å². The number of rotatable bonds is 12. The molecule has 0 radical (unpaired) electrons. The maximum Gasteiger partial charge on any atom is 0.333 e. The highest BCUT2D eigenvalue weighted by atomic mass is 16.4. The van der Waals surface area contributed by atoms with Crippen molar-refractivity contribution < 1.29 is 9.90 Å². The van der Waals surface area contributed by atoms with Gasteiger partial charge in [-0.05, 0) is 19.8 Å². The Morgan fingerprint density at radius 2 is 1.32 bits per heavy atom. The number of hydrogen-bond acceptors (Lipinski definition) is 2. The number of carboxylic acid groups (broad SMARTS) is 1. The van der Waals surface area contributed by atoms with Gasteiger partial charge in [0.2, 0.25) is 0 Å². The minimum Gasteiger partial charge on any atom is -0.478 e. The maximum absolute atomic E-state index is 10.7. The molecule has 0 saturated carbocycles. The van der Waals surface area contributed by atoms with Crippen molar-refractivity contribution in [3.8, 4) is 0 Å². The average molecular weight is 269 g/mol. The molecule has 0 aliphatic carbocycles. The molecule has 0 unspecified atom stereocenters. The van der Waals surface area contributed by atoms with Gasteiger partial charge in [-0.25, -0.2) is 4.79 Å². The van der Waals surface area contributed by atoms with E-state index in [0.29, 0.717) is 17.7 Å². The van der Waals surface area contributed by atoms with Crippen molar-refractivity contribution >= 4 is 5.97 Å². The Morgan fingerprint density at radius 3 is 1.74 bits per heavy atom. The van der Waals surface area contributed by atoms with Gasteiger partial charge in [0, 0.05) is 5.70 Å². The molecule has 3 heteroatoms. The van der Waals surface area contributed by atoms with Crippen LogP contribution in [0.2, 0.25) is 0 Å². The van der Waals surface area contributed by atoms with Gasteiger partial charge in [0.1, 0.15) is 0 Å². The summed E-state index contributed by atoms with van der Waals surface area (Å²) in [5.74, 6) is -0.899. The molecule has 0 spiro atoms. The molecule has 0 atom stereocenters. The molecule has 0 aromatic carbocycles. The van der Waals surface area contributed by atoms with Gasteiger partial charge in [0.05, 0.1) is 5.57 Å². The zero-order valence-electron chi connectivity index (χ0n) is 12.7.